The standard InChI is InChI=1S/C23H28N4O2/c28-22(25-19-10-3-1-4-11-19)18-9-8-16-27(17-18)23(29)20-12-7-13-24-21(20)26-14-5-2-6-15-26/h1,3-4,7,10-13,18H,2,5-6,8-9,14-17H2,(H,25,28)/t18-/m1/s1. The first kappa shape index (κ1) is 19.4. The summed E-state index contributed by atoms with van der Waals surface area (Å²) < 4.78 is 0. The summed E-state index contributed by atoms with van der Waals surface area (Å²) in [5.41, 5.74) is 1.44. The Bertz CT molecular complexity index is 849. The molecule has 29 heavy (non-hydrogen) atoms. The normalized spacial score (nSPS) is 19.7. The zero-order valence-corrected chi connectivity index (χ0v) is 16.7. The van der Waals surface area contributed by atoms with Crippen LogP contribution in [0.2, 0.25) is 0 Å². The summed E-state index contributed by atoms with van der Waals surface area (Å²) in [5.74, 6) is 0.558. The van der Waals surface area contributed by atoms with Crippen molar-refractivity contribution in [2.75, 3.05) is 36.4 Å². The number of carbonyl (C=O) groups excluding carboxylic acids is 2. The molecule has 0 radical (unpaired) electrons. The van der Waals surface area contributed by atoms with Crippen molar-refractivity contribution in [1.29, 1.82) is 0 Å². The molecule has 2 aliphatic heterocycles. The third-order valence-corrected chi connectivity index (χ3v) is 5.79. The summed E-state index contributed by atoms with van der Waals surface area (Å²) in [6, 6.07) is 13.2. The number of para-hydroxylation sites is 1. The van der Waals surface area contributed by atoms with Gasteiger partial charge in [-0.1, -0.05) is 18.2 Å². The van der Waals surface area contributed by atoms with Crippen molar-refractivity contribution >= 4 is 23.3 Å². The van der Waals surface area contributed by atoms with E-state index in [-0.39, 0.29) is 17.7 Å². The summed E-state index contributed by atoms with van der Waals surface area (Å²) in [6.07, 6.45) is 6.89. The Morgan fingerprint density at radius 2 is 1.72 bits per heavy atom. The van der Waals surface area contributed by atoms with Crippen molar-refractivity contribution in [2.24, 2.45) is 5.92 Å². The molecule has 0 saturated carbocycles. The van der Waals surface area contributed by atoms with Gasteiger partial charge in [-0.05, 0) is 56.4 Å². The minimum atomic E-state index is -0.192. The molecule has 2 saturated heterocycles. The van der Waals surface area contributed by atoms with Crippen molar-refractivity contribution in [1.82, 2.24) is 9.88 Å². The number of benzene rings is 1. The van der Waals surface area contributed by atoms with Gasteiger partial charge in [0.25, 0.3) is 5.91 Å². The van der Waals surface area contributed by atoms with Gasteiger partial charge in [0.1, 0.15) is 5.82 Å². The van der Waals surface area contributed by atoms with E-state index in [1.807, 2.05) is 47.4 Å². The number of rotatable bonds is 4. The second kappa shape index (κ2) is 9.07. The Balaban J connectivity index is 1.46. The van der Waals surface area contributed by atoms with Crippen molar-refractivity contribution in [3.05, 3.63) is 54.2 Å². The van der Waals surface area contributed by atoms with Gasteiger partial charge in [0.05, 0.1) is 11.5 Å². The average molecular weight is 393 g/mol. The van der Waals surface area contributed by atoms with E-state index in [0.29, 0.717) is 18.7 Å². The van der Waals surface area contributed by atoms with Crippen LogP contribution in [-0.4, -0.2) is 47.9 Å². The van der Waals surface area contributed by atoms with Gasteiger partial charge in [-0.15, -0.1) is 0 Å². The Labute approximate surface area is 171 Å². The maximum atomic E-state index is 13.3. The summed E-state index contributed by atoms with van der Waals surface area (Å²) in [4.78, 5) is 34.6. The quantitative estimate of drug-likeness (QED) is 0.864. The number of amides is 2. The van der Waals surface area contributed by atoms with Gasteiger partial charge >= 0.3 is 0 Å². The maximum Gasteiger partial charge on any atom is 0.257 e. The van der Waals surface area contributed by atoms with Crippen LogP contribution in [0.1, 0.15) is 42.5 Å². The third-order valence-electron chi connectivity index (χ3n) is 5.79. The molecule has 0 bridgehead atoms. The van der Waals surface area contributed by atoms with Gasteiger partial charge in [-0.3, -0.25) is 9.59 Å². The van der Waals surface area contributed by atoms with Crippen LogP contribution < -0.4 is 10.2 Å². The van der Waals surface area contributed by atoms with Crippen LogP contribution in [0.15, 0.2) is 48.7 Å². The van der Waals surface area contributed by atoms with E-state index in [2.05, 4.69) is 15.2 Å². The number of aromatic nitrogens is 1. The monoisotopic (exact) mass is 392 g/mol. The first-order chi connectivity index (χ1) is 14.2. The van der Waals surface area contributed by atoms with Crippen molar-refractivity contribution in [2.45, 2.75) is 32.1 Å². The van der Waals surface area contributed by atoms with E-state index in [1.165, 1.54) is 6.42 Å². The molecule has 4 rings (SSSR count). The smallest absolute Gasteiger partial charge is 0.257 e. The maximum absolute atomic E-state index is 13.3. The van der Waals surface area contributed by atoms with Crippen LogP contribution in [-0.2, 0) is 4.79 Å². The highest BCUT2D eigenvalue weighted by Gasteiger charge is 2.31. The summed E-state index contributed by atoms with van der Waals surface area (Å²) in [5, 5.41) is 2.98. The van der Waals surface area contributed by atoms with E-state index in [0.717, 1.165) is 50.3 Å². The predicted octanol–water partition coefficient (Wildman–Crippen LogP) is 3.56. The van der Waals surface area contributed by atoms with E-state index in [4.69, 9.17) is 0 Å². The molecule has 1 atom stereocenters. The van der Waals surface area contributed by atoms with E-state index < -0.39 is 0 Å². The number of pyridine rings is 1. The molecular formula is C23H28N4O2. The molecule has 1 aromatic carbocycles. The number of carbonyl (C=O) groups is 2. The van der Waals surface area contributed by atoms with Crippen LogP contribution in [0.25, 0.3) is 0 Å². The fourth-order valence-corrected chi connectivity index (χ4v) is 4.23. The van der Waals surface area contributed by atoms with Gasteiger partial charge in [0, 0.05) is 38.1 Å². The Hall–Kier alpha value is -2.89. The average Bonchev–Trinajstić information content (AvgIpc) is 2.80. The molecule has 3 heterocycles. The van der Waals surface area contributed by atoms with Crippen LogP contribution >= 0.6 is 0 Å². The molecule has 2 aromatic rings. The number of anilines is 2. The number of piperidine rings is 2. The van der Waals surface area contributed by atoms with Crippen LogP contribution in [0.4, 0.5) is 11.5 Å². The first-order valence-corrected chi connectivity index (χ1v) is 10.6. The fraction of sp³-hybridized carbons (Fsp3) is 0.435. The molecule has 2 fully saturated rings. The second-order valence-electron chi connectivity index (χ2n) is 7.87. The predicted molar refractivity (Wildman–Crippen MR) is 114 cm³/mol. The molecule has 0 spiro atoms. The highest BCUT2D eigenvalue weighted by molar-refractivity contribution is 5.99. The molecule has 0 aliphatic carbocycles. The number of likely N-dealkylation sites (tertiary alicyclic amines) is 1. The lowest BCUT2D eigenvalue weighted by atomic mass is 9.96. The molecule has 6 nitrogen and oxygen atoms in total. The summed E-state index contributed by atoms with van der Waals surface area (Å²) in [7, 11) is 0. The fourth-order valence-electron chi connectivity index (χ4n) is 4.23. The van der Waals surface area contributed by atoms with Gasteiger partial charge < -0.3 is 15.1 Å². The third kappa shape index (κ3) is 4.58. The highest BCUT2D eigenvalue weighted by Crippen LogP contribution is 2.26. The molecule has 2 amide bonds. The van der Waals surface area contributed by atoms with E-state index in [9.17, 15) is 9.59 Å². The molecule has 0 unspecified atom stereocenters. The Morgan fingerprint density at radius 1 is 0.931 bits per heavy atom. The summed E-state index contributed by atoms with van der Waals surface area (Å²) >= 11 is 0. The van der Waals surface area contributed by atoms with Gasteiger partial charge in [-0.25, -0.2) is 4.98 Å². The molecule has 6 heteroatoms. The van der Waals surface area contributed by atoms with Crippen LogP contribution in [0.3, 0.4) is 0 Å². The second-order valence-corrected chi connectivity index (χ2v) is 7.87. The van der Waals surface area contributed by atoms with Gasteiger partial charge in [0.15, 0.2) is 0 Å². The zero-order chi connectivity index (χ0) is 20.1. The highest BCUT2D eigenvalue weighted by atomic mass is 16.2. The molecular weight excluding hydrogens is 364 g/mol. The van der Waals surface area contributed by atoms with E-state index >= 15 is 0 Å². The van der Waals surface area contributed by atoms with Crippen molar-refractivity contribution < 1.29 is 9.59 Å². The number of nitrogens with zero attached hydrogens (tertiary/aromatic N) is 3. The zero-order valence-electron chi connectivity index (χ0n) is 16.7. The topological polar surface area (TPSA) is 65.5 Å². The lowest BCUT2D eigenvalue weighted by Gasteiger charge is -2.34. The largest absolute Gasteiger partial charge is 0.356 e. The van der Waals surface area contributed by atoms with Crippen molar-refractivity contribution in [3.63, 3.8) is 0 Å². The molecule has 2 aliphatic rings. The first-order valence-electron chi connectivity index (χ1n) is 10.6. The van der Waals surface area contributed by atoms with Crippen molar-refractivity contribution in [3.8, 4) is 0 Å². The molecule has 1 aromatic heterocycles. The van der Waals surface area contributed by atoms with E-state index in [1.54, 1.807) is 6.20 Å². The molecule has 152 valence electrons. The van der Waals surface area contributed by atoms with Gasteiger partial charge in [-0.2, -0.15) is 0 Å². The lowest BCUT2D eigenvalue weighted by Crippen LogP contribution is -2.44. The lowest BCUT2D eigenvalue weighted by molar-refractivity contribution is -0.121. The number of hydrogen-bond acceptors (Lipinski definition) is 4. The number of hydrogen-bond donors (Lipinski definition) is 1. The Morgan fingerprint density at radius 3 is 2.52 bits per heavy atom. The van der Waals surface area contributed by atoms with Crippen LogP contribution in [0.5, 0.6) is 0 Å². The SMILES string of the molecule is O=C(Nc1ccccc1)[C@@H]1CCCN(C(=O)c2cccnc2N2CCCCC2)C1. The number of nitrogens with one attached hydrogen (secondary N) is 1. The summed E-state index contributed by atoms with van der Waals surface area (Å²) in [6.45, 7) is 3.02. The minimum Gasteiger partial charge on any atom is -0.356 e. The minimum absolute atomic E-state index is 0.0175. The van der Waals surface area contributed by atoms with Gasteiger partial charge in [0.2, 0.25) is 5.91 Å². The molecule has 1 N–H and O–H groups in total. The Kier molecular flexibility index (Phi) is 6.08. The van der Waals surface area contributed by atoms with Crippen LogP contribution in [0, 0.1) is 5.92 Å².